The fourth-order valence-corrected chi connectivity index (χ4v) is 2.79. The van der Waals surface area contributed by atoms with E-state index in [1.54, 1.807) is 43.6 Å². The first-order valence-electron chi connectivity index (χ1n) is 6.52. The Morgan fingerprint density at radius 2 is 1.70 bits per heavy atom. The third-order valence-electron chi connectivity index (χ3n) is 3.18. The third-order valence-corrected chi connectivity index (χ3v) is 4.93. The van der Waals surface area contributed by atoms with E-state index in [1.165, 1.54) is 0 Å². The summed E-state index contributed by atoms with van der Waals surface area (Å²) in [7, 11) is -3.13. The fourth-order valence-electron chi connectivity index (χ4n) is 1.91. The summed E-state index contributed by atoms with van der Waals surface area (Å²) in [5.41, 5.74) is 2.02. The highest BCUT2D eigenvalue weighted by Gasteiger charge is 2.11. The van der Waals surface area contributed by atoms with Crippen LogP contribution in [-0.2, 0) is 9.84 Å². The first-order valence-corrected chi connectivity index (χ1v) is 8.17. The molecule has 0 bridgehead atoms. The molecule has 0 unspecified atom stereocenters. The lowest BCUT2D eigenvalue weighted by molar-refractivity contribution is 0.597. The van der Waals surface area contributed by atoms with E-state index in [1.807, 2.05) is 19.1 Å². The number of aromatic nitrogens is 1. The molecule has 5 heteroatoms. The van der Waals surface area contributed by atoms with Crippen molar-refractivity contribution in [2.45, 2.75) is 24.8 Å². The maximum Gasteiger partial charge on any atom is 0.178 e. The van der Waals surface area contributed by atoms with Gasteiger partial charge in [-0.1, -0.05) is 6.92 Å². The van der Waals surface area contributed by atoms with Crippen molar-refractivity contribution in [2.75, 3.05) is 11.1 Å². The molecule has 4 nitrogen and oxygen atoms in total. The van der Waals surface area contributed by atoms with Crippen molar-refractivity contribution >= 4 is 15.5 Å². The van der Waals surface area contributed by atoms with Gasteiger partial charge in [-0.3, -0.25) is 4.98 Å². The van der Waals surface area contributed by atoms with Crippen LogP contribution < -0.4 is 5.32 Å². The van der Waals surface area contributed by atoms with Gasteiger partial charge in [0.15, 0.2) is 9.84 Å². The fraction of sp³-hybridized carbons (Fsp3) is 0.267. The van der Waals surface area contributed by atoms with Gasteiger partial charge in [-0.25, -0.2) is 8.42 Å². The Bertz CT molecular complexity index is 652. The molecule has 106 valence electrons. The molecule has 0 aliphatic rings. The first kappa shape index (κ1) is 14.5. The lowest BCUT2D eigenvalue weighted by atomic mass is 10.1. The van der Waals surface area contributed by atoms with Crippen molar-refractivity contribution in [3.63, 3.8) is 0 Å². The van der Waals surface area contributed by atoms with Gasteiger partial charge in [0, 0.05) is 24.1 Å². The number of pyridine rings is 1. The van der Waals surface area contributed by atoms with E-state index in [4.69, 9.17) is 0 Å². The van der Waals surface area contributed by atoms with E-state index in [2.05, 4.69) is 10.3 Å². The van der Waals surface area contributed by atoms with Crippen LogP contribution in [0, 0.1) is 0 Å². The van der Waals surface area contributed by atoms with Gasteiger partial charge in [-0.15, -0.1) is 0 Å². The van der Waals surface area contributed by atoms with Crippen LogP contribution in [0.5, 0.6) is 0 Å². The van der Waals surface area contributed by atoms with Gasteiger partial charge in [-0.2, -0.15) is 0 Å². The molecule has 1 aromatic heterocycles. The van der Waals surface area contributed by atoms with E-state index in [0.29, 0.717) is 4.90 Å². The molecule has 20 heavy (non-hydrogen) atoms. The van der Waals surface area contributed by atoms with Crippen molar-refractivity contribution < 1.29 is 8.42 Å². The second-order valence-electron chi connectivity index (χ2n) is 4.57. The monoisotopic (exact) mass is 290 g/mol. The Morgan fingerprint density at radius 1 is 1.10 bits per heavy atom. The van der Waals surface area contributed by atoms with Crippen molar-refractivity contribution in [2.24, 2.45) is 0 Å². The molecule has 1 heterocycles. The standard InChI is InChI=1S/C15H18N2O2S/c1-3-20(18,19)15-6-4-14(5-7-15)17-12(2)13-8-10-16-11-9-13/h4-12,17H,3H2,1-2H3/t12-/m0/s1. The number of nitrogens with zero attached hydrogens (tertiary/aromatic N) is 1. The Morgan fingerprint density at radius 3 is 2.25 bits per heavy atom. The van der Waals surface area contributed by atoms with E-state index in [9.17, 15) is 8.42 Å². The number of hydrogen-bond donors (Lipinski definition) is 1. The summed E-state index contributed by atoms with van der Waals surface area (Å²) < 4.78 is 23.5. The summed E-state index contributed by atoms with van der Waals surface area (Å²) in [5, 5.41) is 3.33. The van der Waals surface area contributed by atoms with E-state index >= 15 is 0 Å². The number of rotatable bonds is 5. The first-order chi connectivity index (χ1) is 9.53. The largest absolute Gasteiger partial charge is 0.379 e. The Hall–Kier alpha value is -1.88. The van der Waals surface area contributed by atoms with Gasteiger partial charge in [0.25, 0.3) is 0 Å². The minimum Gasteiger partial charge on any atom is -0.379 e. The molecule has 0 radical (unpaired) electrons. The van der Waals surface area contributed by atoms with Gasteiger partial charge in [0.2, 0.25) is 0 Å². The molecule has 1 N–H and O–H groups in total. The minimum absolute atomic E-state index is 0.118. The molecular weight excluding hydrogens is 272 g/mol. The Kier molecular flexibility index (Phi) is 4.39. The zero-order chi connectivity index (χ0) is 14.6. The highest BCUT2D eigenvalue weighted by molar-refractivity contribution is 7.91. The lowest BCUT2D eigenvalue weighted by Gasteiger charge is -2.15. The molecular formula is C15H18N2O2S. The average Bonchev–Trinajstić information content (AvgIpc) is 2.48. The number of sulfone groups is 1. The third kappa shape index (κ3) is 3.36. The normalized spacial score (nSPS) is 12.9. The molecule has 1 aromatic carbocycles. The zero-order valence-corrected chi connectivity index (χ0v) is 12.4. The molecule has 2 rings (SSSR count). The summed E-state index contributed by atoms with van der Waals surface area (Å²) in [4.78, 5) is 4.35. The molecule has 2 aromatic rings. The Balaban J connectivity index is 2.12. The number of anilines is 1. The van der Waals surface area contributed by atoms with E-state index in [-0.39, 0.29) is 11.8 Å². The smallest absolute Gasteiger partial charge is 0.178 e. The van der Waals surface area contributed by atoms with E-state index < -0.39 is 9.84 Å². The van der Waals surface area contributed by atoms with Crippen LogP contribution in [0.15, 0.2) is 53.7 Å². The predicted octanol–water partition coefficient (Wildman–Crippen LogP) is 3.05. The molecule has 0 fully saturated rings. The Labute approximate surface area is 119 Å². The summed E-state index contributed by atoms with van der Waals surface area (Å²) >= 11 is 0. The van der Waals surface area contributed by atoms with Gasteiger partial charge < -0.3 is 5.32 Å². The highest BCUT2D eigenvalue weighted by Crippen LogP contribution is 2.20. The average molecular weight is 290 g/mol. The molecule has 0 aliphatic heterocycles. The van der Waals surface area contributed by atoms with Crippen molar-refractivity contribution in [3.05, 3.63) is 54.4 Å². The topological polar surface area (TPSA) is 59.1 Å². The molecule has 1 atom stereocenters. The molecule has 0 spiro atoms. The molecule has 0 aliphatic carbocycles. The molecule has 0 saturated heterocycles. The van der Waals surface area contributed by atoms with Crippen LogP contribution in [-0.4, -0.2) is 19.2 Å². The summed E-state index contributed by atoms with van der Waals surface area (Å²) in [6.07, 6.45) is 3.51. The van der Waals surface area contributed by atoms with E-state index in [0.717, 1.165) is 11.3 Å². The van der Waals surface area contributed by atoms with Gasteiger partial charge in [-0.05, 0) is 48.9 Å². The second-order valence-corrected chi connectivity index (χ2v) is 6.85. The number of nitrogens with one attached hydrogen (secondary N) is 1. The molecule has 0 amide bonds. The second kappa shape index (κ2) is 6.05. The predicted molar refractivity (Wildman–Crippen MR) is 80.4 cm³/mol. The maximum absolute atomic E-state index is 11.7. The quantitative estimate of drug-likeness (QED) is 0.919. The summed E-state index contributed by atoms with van der Waals surface area (Å²) in [6.45, 7) is 3.69. The lowest BCUT2D eigenvalue weighted by Crippen LogP contribution is -2.07. The minimum atomic E-state index is -3.13. The maximum atomic E-state index is 11.7. The van der Waals surface area contributed by atoms with Gasteiger partial charge in [0.1, 0.15) is 0 Å². The summed E-state index contributed by atoms with van der Waals surface area (Å²) in [6, 6.07) is 10.9. The zero-order valence-electron chi connectivity index (χ0n) is 11.6. The van der Waals surface area contributed by atoms with Crippen LogP contribution in [0.1, 0.15) is 25.5 Å². The van der Waals surface area contributed by atoms with Gasteiger partial charge in [0.05, 0.1) is 10.6 Å². The summed E-state index contributed by atoms with van der Waals surface area (Å²) in [5.74, 6) is 0.118. The SMILES string of the molecule is CCS(=O)(=O)c1ccc(N[C@@H](C)c2ccncc2)cc1. The van der Waals surface area contributed by atoms with Gasteiger partial charge >= 0.3 is 0 Å². The van der Waals surface area contributed by atoms with Crippen LogP contribution in [0.25, 0.3) is 0 Å². The van der Waals surface area contributed by atoms with Crippen LogP contribution in [0.2, 0.25) is 0 Å². The number of benzene rings is 1. The van der Waals surface area contributed by atoms with Crippen LogP contribution in [0.3, 0.4) is 0 Å². The number of hydrogen-bond acceptors (Lipinski definition) is 4. The van der Waals surface area contributed by atoms with Crippen LogP contribution >= 0.6 is 0 Å². The van der Waals surface area contributed by atoms with Crippen LogP contribution in [0.4, 0.5) is 5.69 Å². The van der Waals surface area contributed by atoms with Crippen molar-refractivity contribution in [1.29, 1.82) is 0 Å². The van der Waals surface area contributed by atoms with Crippen molar-refractivity contribution in [3.8, 4) is 0 Å². The highest BCUT2D eigenvalue weighted by atomic mass is 32.2. The van der Waals surface area contributed by atoms with Crippen molar-refractivity contribution in [1.82, 2.24) is 4.98 Å². The molecule has 0 saturated carbocycles.